The SMILES string of the molecule is Cc1ccccc1N1CCN(CCCNc2c(Cl)cnn(C)c2=O)CC1. The van der Waals surface area contributed by atoms with Crippen molar-refractivity contribution in [3.8, 4) is 0 Å². The third-order valence-corrected chi connectivity index (χ3v) is 5.16. The van der Waals surface area contributed by atoms with Crippen LogP contribution in [0, 0.1) is 6.92 Å². The summed E-state index contributed by atoms with van der Waals surface area (Å²) in [6.45, 7) is 8.12. The van der Waals surface area contributed by atoms with Crippen molar-refractivity contribution in [1.82, 2.24) is 14.7 Å². The second-order valence-electron chi connectivity index (χ2n) is 6.69. The quantitative estimate of drug-likeness (QED) is 0.785. The zero-order chi connectivity index (χ0) is 18.5. The molecule has 0 bridgehead atoms. The number of rotatable bonds is 6. The molecule has 0 saturated carbocycles. The Hall–Kier alpha value is -2.05. The molecule has 6 nitrogen and oxygen atoms in total. The van der Waals surface area contributed by atoms with Gasteiger partial charge in [0.15, 0.2) is 0 Å². The molecular weight excluding hydrogens is 350 g/mol. The Bertz CT molecular complexity index is 799. The molecule has 2 aromatic rings. The number of para-hydroxylation sites is 1. The van der Waals surface area contributed by atoms with Crippen molar-refractivity contribution in [3.05, 3.63) is 51.4 Å². The minimum atomic E-state index is -0.190. The Kier molecular flexibility index (Phi) is 6.16. The van der Waals surface area contributed by atoms with Gasteiger partial charge >= 0.3 is 0 Å². The van der Waals surface area contributed by atoms with Crippen LogP contribution in [0.15, 0.2) is 35.3 Å². The predicted octanol–water partition coefficient (Wildman–Crippen LogP) is 2.37. The first-order chi connectivity index (χ1) is 12.6. The van der Waals surface area contributed by atoms with Crippen LogP contribution >= 0.6 is 11.6 Å². The molecule has 0 unspecified atom stereocenters. The summed E-state index contributed by atoms with van der Waals surface area (Å²) in [5.41, 5.74) is 2.93. The molecule has 0 radical (unpaired) electrons. The lowest BCUT2D eigenvalue weighted by atomic mass is 10.1. The van der Waals surface area contributed by atoms with Gasteiger partial charge < -0.3 is 10.2 Å². The van der Waals surface area contributed by atoms with E-state index < -0.39 is 0 Å². The minimum Gasteiger partial charge on any atom is -0.379 e. The molecule has 0 amide bonds. The van der Waals surface area contributed by atoms with E-state index in [1.165, 1.54) is 22.1 Å². The highest BCUT2D eigenvalue weighted by Gasteiger charge is 2.17. The van der Waals surface area contributed by atoms with E-state index in [0.717, 1.165) is 45.7 Å². The summed E-state index contributed by atoms with van der Waals surface area (Å²) in [5.74, 6) is 0. The van der Waals surface area contributed by atoms with Gasteiger partial charge in [0.05, 0.1) is 11.2 Å². The predicted molar refractivity (Wildman–Crippen MR) is 107 cm³/mol. The van der Waals surface area contributed by atoms with Gasteiger partial charge in [0.2, 0.25) is 0 Å². The maximum Gasteiger partial charge on any atom is 0.291 e. The van der Waals surface area contributed by atoms with E-state index in [-0.39, 0.29) is 5.56 Å². The third kappa shape index (κ3) is 4.37. The number of aryl methyl sites for hydroxylation is 2. The monoisotopic (exact) mass is 375 g/mol. The van der Waals surface area contributed by atoms with Gasteiger partial charge in [0, 0.05) is 45.5 Å². The Balaban J connectivity index is 1.43. The van der Waals surface area contributed by atoms with Gasteiger partial charge in [-0.3, -0.25) is 9.69 Å². The van der Waals surface area contributed by atoms with Crippen molar-refractivity contribution >= 4 is 23.0 Å². The van der Waals surface area contributed by atoms with Gasteiger partial charge in [-0.2, -0.15) is 5.10 Å². The first kappa shape index (κ1) is 18.7. The Morgan fingerprint density at radius 1 is 1.19 bits per heavy atom. The van der Waals surface area contributed by atoms with Crippen LogP contribution in [0.5, 0.6) is 0 Å². The molecule has 0 spiro atoms. The molecule has 0 aliphatic carbocycles. The summed E-state index contributed by atoms with van der Waals surface area (Å²) in [6, 6.07) is 8.56. The van der Waals surface area contributed by atoms with Crippen LogP contribution in [0.4, 0.5) is 11.4 Å². The summed E-state index contributed by atoms with van der Waals surface area (Å²) in [5, 5.41) is 7.43. The van der Waals surface area contributed by atoms with Gasteiger partial charge in [-0.25, -0.2) is 4.68 Å². The number of halogens is 1. The average molecular weight is 376 g/mol. The van der Waals surface area contributed by atoms with E-state index in [1.54, 1.807) is 7.05 Å². The highest BCUT2D eigenvalue weighted by molar-refractivity contribution is 6.32. The number of nitrogens with zero attached hydrogens (tertiary/aromatic N) is 4. The maximum atomic E-state index is 12.0. The number of benzene rings is 1. The highest BCUT2D eigenvalue weighted by Crippen LogP contribution is 2.20. The topological polar surface area (TPSA) is 53.4 Å². The largest absolute Gasteiger partial charge is 0.379 e. The zero-order valence-corrected chi connectivity index (χ0v) is 16.2. The van der Waals surface area contributed by atoms with Crippen molar-refractivity contribution in [1.29, 1.82) is 0 Å². The van der Waals surface area contributed by atoms with Crippen LogP contribution in [-0.4, -0.2) is 53.9 Å². The smallest absolute Gasteiger partial charge is 0.291 e. The van der Waals surface area contributed by atoms with E-state index in [9.17, 15) is 4.79 Å². The fraction of sp³-hybridized carbons (Fsp3) is 0.474. The van der Waals surface area contributed by atoms with E-state index in [4.69, 9.17) is 11.6 Å². The summed E-state index contributed by atoms with van der Waals surface area (Å²) in [7, 11) is 1.62. The number of piperazine rings is 1. The Morgan fingerprint density at radius 3 is 2.65 bits per heavy atom. The molecule has 1 saturated heterocycles. The van der Waals surface area contributed by atoms with Gasteiger partial charge in [-0.05, 0) is 31.5 Å². The second kappa shape index (κ2) is 8.56. The standard InChI is InChI=1S/C19H26ClN5O/c1-15-6-3-4-7-17(15)25-12-10-24(11-13-25)9-5-8-21-18-16(20)14-22-23(2)19(18)26/h3-4,6-7,14,21H,5,8-13H2,1-2H3. The molecule has 2 heterocycles. The van der Waals surface area contributed by atoms with Crippen molar-refractivity contribution in [2.24, 2.45) is 7.05 Å². The van der Waals surface area contributed by atoms with Crippen molar-refractivity contribution in [3.63, 3.8) is 0 Å². The molecule has 1 aliphatic rings. The second-order valence-corrected chi connectivity index (χ2v) is 7.10. The molecule has 1 aromatic heterocycles. The highest BCUT2D eigenvalue weighted by atomic mass is 35.5. The Morgan fingerprint density at radius 2 is 1.92 bits per heavy atom. The molecule has 1 aliphatic heterocycles. The van der Waals surface area contributed by atoms with E-state index in [1.807, 2.05) is 0 Å². The summed E-state index contributed by atoms with van der Waals surface area (Å²) in [6.07, 6.45) is 2.46. The number of anilines is 2. The van der Waals surface area contributed by atoms with Crippen molar-refractivity contribution in [2.75, 3.05) is 49.5 Å². The third-order valence-electron chi connectivity index (χ3n) is 4.87. The lowest BCUT2D eigenvalue weighted by Crippen LogP contribution is -2.47. The molecule has 26 heavy (non-hydrogen) atoms. The lowest BCUT2D eigenvalue weighted by Gasteiger charge is -2.36. The maximum absolute atomic E-state index is 12.0. The van der Waals surface area contributed by atoms with Crippen molar-refractivity contribution in [2.45, 2.75) is 13.3 Å². The number of aromatic nitrogens is 2. The number of nitrogens with one attached hydrogen (secondary N) is 1. The van der Waals surface area contributed by atoms with Gasteiger partial charge in [-0.15, -0.1) is 0 Å². The number of hydrogen-bond donors (Lipinski definition) is 1. The van der Waals surface area contributed by atoms with Gasteiger partial charge in [0.1, 0.15) is 5.69 Å². The Labute approximate surface area is 159 Å². The van der Waals surface area contributed by atoms with E-state index in [0.29, 0.717) is 10.7 Å². The molecular formula is C19H26ClN5O. The molecule has 3 rings (SSSR count). The molecule has 0 atom stereocenters. The fourth-order valence-electron chi connectivity index (χ4n) is 3.32. The van der Waals surface area contributed by atoms with Gasteiger partial charge in [0.25, 0.3) is 5.56 Å². The van der Waals surface area contributed by atoms with Crippen LogP contribution in [0.2, 0.25) is 5.02 Å². The van der Waals surface area contributed by atoms with Crippen LogP contribution in [0.3, 0.4) is 0 Å². The van der Waals surface area contributed by atoms with Crippen LogP contribution in [0.25, 0.3) is 0 Å². The van der Waals surface area contributed by atoms with Crippen LogP contribution in [-0.2, 0) is 7.05 Å². The van der Waals surface area contributed by atoms with Crippen LogP contribution in [0.1, 0.15) is 12.0 Å². The summed E-state index contributed by atoms with van der Waals surface area (Å²) >= 11 is 6.06. The average Bonchev–Trinajstić information content (AvgIpc) is 2.65. The molecule has 140 valence electrons. The first-order valence-electron chi connectivity index (χ1n) is 9.05. The minimum absolute atomic E-state index is 0.190. The van der Waals surface area contributed by atoms with Crippen molar-refractivity contribution < 1.29 is 0 Å². The fourth-order valence-corrected chi connectivity index (χ4v) is 3.52. The van der Waals surface area contributed by atoms with E-state index >= 15 is 0 Å². The molecule has 1 fully saturated rings. The summed E-state index contributed by atoms with van der Waals surface area (Å²) < 4.78 is 1.29. The normalized spacial score (nSPS) is 15.3. The van der Waals surface area contributed by atoms with Gasteiger partial charge in [-0.1, -0.05) is 29.8 Å². The van der Waals surface area contributed by atoms with E-state index in [2.05, 4.69) is 51.4 Å². The summed E-state index contributed by atoms with van der Waals surface area (Å²) in [4.78, 5) is 17.0. The first-order valence-corrected chi connectivity index (χ1v) is 9.42. The number of hydrogen-bond acceptors (Lipinski definition) is 5. The lowest BCUT2D eigenvalue weighted by molar-refractivity contribution is 0.257. The molecule has 7 heteroatoms. The molecule has 1 aromatic carbocycles. The zero-order valence-electron chi connectivity index (χ0n) is 15.4. The molecule has 1 N–H and O–H groups in total. The van der Waals surface area contributed by atoms with Crippen LogP contribution < -0.4 is 15.8 Å².